The molecule has 3 rings (SSSR count). The number of morpholine rings is 1. The molecule has 0 unspecified atom stereocenters. The van der Waals surface area contributed by atoms with Gasteiger partial charge in [-0.25, -0.2) is 0 Å². The summed E-state index contributed by atoms with van der Waals surface area (Å²) in [5, 5.41) is 2.99. The normalized spacial score (nSPS) is 14.7. The summed E-state index contributed by atoms with van der Waals surface area (Å²) in [5.74, 6) is 0.160. The maximum atomic E-state index is 12.6. The van der Waals surface area contributed by atoms with Gasteiger partial charge in [0.15, 0.2) is 0 Å². The van der Waals surface area contributed by atoms with Crippen LogP contribution < -0.4 is 10.2 Å². The summed E-state index contributed by atoms with van der Waals surface area (Å²) in [6.07, 6.45) is 1.69. The molecular formula is C19H23N3O2. The van der Waals surface area contributed by atoms with Crippen LogP contribution in [0.4, 0.5) is 11.4 Å². The fourth-order valence-corrected chi connectivity index (χ4v) is 2.86. The van der Waals surface area contributed by atoms with Crippen molar-refractivity contribution >= 4 is 17.3 Å². The van der Waals surface area contributed by atoms with Gasteiger partial charge in [0.25, 0.3) is 5.91 Å². The summed E-state index contributed by atoms with van der Waals surface area (Å²) in [6.45, 7) is 7.32. The molecule has 1 aromatic carbocycles. The van der Waals surface area contributed by atoms with E-state index in [1.807, 2.05) is 36.4 Å². The zero-order chi connectivity index (χ0) is 16.9. The molecule has 1 N–H and O–H groups in total. The van der Waals surface area contributed by atoms with Crippen LogP contribution in [0.3, 0.4) is 0 Å². The van der Waals surface area contributed by atoms with Crippen molar-refractivity contribution in [3.63, 3.8) is 0 Å². The van der Waals surface area contributed by atoms with E-state index in [2.05, 4.69) is 29.0 Å². The van der Waals surface area contributed by atoms with Crippen molar-refractivity contribution in [3.8, 4) is 0 Å². The van der Waals surface area contributed by atoms with E-state index < -0.39 is 0 Å². The highest BCUT2D eigenvalue weighted by atomic mass is 16.5. The SMILES string of the molecule is CC(C)c1ccccc1NC(=O)c1cc(N2CCOCC2)ccn1. The lowest BCUT2D eigenvalue weighted by atomic mass is 10.0. The van der Waals surface area contributed by atoms with E-state index in [0.29, 0.717) is 24.8 Å². The molecule has 24 heavy (non-hydrogen) atoms. The number of anilines is 2. The second kappa shape index (κ2) is 7.45. The first-order valence-corrected chi connectivity index (χ1v) is 8.34. The number of para-hydroxylation sites is 1. The molecule has 1 aromatic heterocycles. The molecule has 126 valence electrons. The maximum absolute atomic E-state index is 12.6. The van der Waals surface area contributed by atoms with Gasteiger partial charge in [0.1, 0.15) is 5.69 Å². The summed E-state index contributed by atoms with van der Waals surface area (Å²) in [5.41, 5.74) is 3.40. The number of nitrogens with zero attached hydrogens (tertiary/aromatic N) is 2. The number of hydrogen-bond acceptors (Lipinski definition) is 4. The molecule has 0 saturated carbocycles. The Labute approximate surface area is 142 Å². The Kier molecular flexibility index (Phi) is 5.11. The van der Waals surface area contributed by atoms with Gasteiger partial charge >= 0.3 is 0 Å². The summed E-state index contributed by atoms with van der Waals surface area (Å²) in [4.78, 5) is 19.1. The molecule has 2 aromatic rings. The van der Waals surface area contributed by atoms with E-state index in [0.717, 1.165) is 30.0 Å². The number of nitrogens with one attached hydrogen (secondary N) is 1. The Bertz CT molecular complexity index is 709. The van der Waals surface area contributed by atoms with Crippen molar-refractivity contribution in [2.75, 3.05) is 36.5 Å². The van der Waals surface area contributed by atoms with Crippen molar-refractivity contribution in [1.29, 1.82) is 0 Å². The third-order valence-corrected chi connectivity index (χ3v) is 4.18. The second-order valence-corrected chi connectivity index (χ2v) is 6.19. The number of hydrogen-bond donors (Lipinski definition) is 1. The average Bonchev–Trinajstić information content (AvgIpc) is 2.63. The maximum Gasteiger partial charge on any atom is 0.274 e. The van der Waals surface area contributed by atoms with Gasteiger partial charge in [-0.3, -0.25) is 9.78 Å². The van der Waals surface area contributed by atoms with Crippen molar-refractivity contribution in [2.24, 2.45) is 0 Å². The van der Waals surface area contributed by atoms with E-state index in [4.69, 9.17) is 4.74 Å². The Morgan fingerprint density at radius 2 is 1.96 bits per heavy atom. The lowest BCUT2D eigenvalue weighted by molar-refractivity contribution is 0.102. The van der Waals surface area contributed by atoms with Gasteiger partial charge in [0.05, 0.1) is 13.2 Å². The molecule has 2 heterocycles. The number of ether oxygens (including phenoxy) is 1. The number of carbonyl (C=O) groups excluding carboxylic acids is 1. The quantitative estimate of drug-likeness (QED) is 0.937. The summed E-state index contributed by atoms with van der Waals surface area (Å²) < 4.78 is 5.38. The van der Waals surface area contributed by atoms with Gasteiger partial charge in [-0.05, 0) is 29.7 Å². The van der Waals surface area contributed by atoms with Crippen molar-refractivity contribution < 1.29 is 9.53 Å². The molecule has 5 nitrogen and oxygen atoms in total. The molecule has 1 amide bonds. The van der Waals surface area contributed by atoms with Crippen LogP contribution in [0.1, 0.15) is 35.8 Å². The number of benzene rings is 1. The third-order valence-electron chi connectivity index (χ3n) is 4.18. The first-order chi connectivity index (χ1) is 11.6. The first kappa shape index (κ1) is 16.5. The van der Waals surface area contributed by atoms with E-state index in [1.165, 1.54) is 0 Å². The fourth-order valence-electron chi connectivity index (χ4n) is 2.86. The highest BCUT2D eigenvalue weighted by Crippen LogP contribution is 2.24. The number of carbonyl (C=O) groups is 1. The van der Waals surface area contributed by atoms with Crippen LogP contribution >= 0.6 is 0 Å². The van der Waals surface area contributed by atoms with E-state index in [9.17, 15) is 4.79 Å². The van der Waals surface area contributed by atoms with Gasteiger partial charge in [0, 0.05) is 30.7 Å². The monoisotopic (exact) mass is 325 g/mol. The van der Waals surface area contributed by atoms with Gasteiger partial charge in [-0.15, -0.1) is 0 Å². The van der Waals surface area contributed by atoms with Crippen molar-refractivity contribution in [2.45, 2.75) is 19.8 Å². The van der Waals surface area contributed by atoms with Gasteiger partial charge in [-0.1, -0.05) is 32.0 Å². The average molecular weight is 325 g/mol. The molecular weight excluding hydrogens is 302 g/mol. The Morgan fingerprint density at radius 1 is 1.21 bits per heavy atom. The lowest BCUT2D eigenvalue weighted by Crippen LogP contribution is -2.36. The Balaban J connectivity index is 1.78. The minimum absolute atomic E-state index is 0.182. The van der Waals surface area contributed by atoms with Crippen LogP contribution in [0.2, 0.25) is 0 Å². The van der Waals surface area contributed by atoms with Crippen LogP contribution in [-0.4, -0.2) is 37.2 Å². The highest BCUT2D eigenvalue weighted by molar-refractivity contribution is 6.03. The van der Waals surface area contributed by atoms with E-state index in [1.54, 1.807) is 6.20 Å². The zero-order valence-corrected chi connectivity index (χ0v) is 14.2. The number of aromatic nitrogens is 1. The van der Waals surface area contributed by atoms with Crippen LogP contribution in [0.15, 0.2) is 42.6 Å². The first-order valence-electron chi connectivity index (χ1n) is 8.34. The third kappa shape index (κ3) is 3.74. The van der Waals surface area contributed by atoms with Crippen molar-refractivity contribution in [3.05, 3.63) is 53.9 Å². The van der Waals surface area contributed by atoms with E-state index >= 15 is 0 Å². The molecule has 1 aliphatic heterocycles. The Morgan fingerprint density at radius 3 is 2.71 bits per heavy atom. The molecule has 1 saturated heterocycles. The summed E-state index contributed by atoms with van der Waals surface area (Å²) in [6, 6.07) is 11.7. The number of rotatable bonds is 4. The predicted molar refractivity (Wildman–Crippen MR) is 95.8 cm³/mol. The summed E-state index contributed by atoms with van der Waals surface area (Å²) >= 11 is 0. The standard InChI is InChI=1S/C19H23N3O2/c1-14(2)16-5-3-4-6-17(16)21-19(23)18-13-15(7-8-20-18)22-9-11-24-12-10-22/h3-8,13-14H,9-12H2,1-2H3,(H,21,23). The topological polar surface area (TPSA) is 54.5 Å². The highest BCUT2D eigenvalue weighted by Gasteiger charge is 2.15. The second-order valence-electron chi connectivity index (χ2n) is 6.19. The number of amides is 1. The van der Waals surface area contributed by atoms with Gasteiger partial charge in [-0.2, -0.15) is 0 Å². The van der Waals surface area contributed by atoms with Gasteiger partial charge in [0.2, 0.25) is 0 Å². The molecule has 0 spiro atoms. The number of pyridine rings is 1. The largest absolute Gasteiger partial charge is 0.378 e. The minimum atomic E-state index is -0.182. The summed E-state index contributed by atoms with van der Waals surface area (Å²) in [7, 11) is 0. The molecule has 1 aliphatic rings. The minimum Gasteiger partial charge on any atom is -0.378 e. The molecule has 5 heteroatoms. The van der Waals surface area contributed by atoms with Gasteiger partial charge < -0.3 is 15.0 Å². The fraction of sp³-hybridized carbons (Fsp3) is 0.368. The van der Waals surface area contributed by atoms with Crippen LogP contribution in [0.5, 0.6) is 0 Å². The lowest BCUT2D eigenvalue weighted by Gasteiger charge is -2.28. The smallest absolute Gasteiger partial charge is 0.274 e. The molecule has 0 bridgehead atoms. The van der Waals surface area contributed by atoms with Crippen LogP contribution in [0, 0.1) is 0 Å². The molecule has 0 radical (unpaired) electrons. The molecule has 0 aliphatic carbocycles. The predicted octanol–water partition coefficient (Wildman–Crippen LogP) is 3.29. The Hall–Kier alpha value is -2.40. The van der Waals surface area contributed by atoms with Crippen LogP contribution in [0.25, 0.3) is 0 Å². The molecule has 1 fully saturated rings. The zero-order valence-electron chi connectivity index (χ0n) is 14.2. The van der Waals surface area contributed by atoms with Crippen molar-refractivity contribution in [1.82, 2.24) is 4.98 Å². The van der Waals surface area contributed by atoms with Crippen LogP contribution in [-0.2, 0) is 4.74 Å². The molecule has 0 atom stereocenters. The van der Waals surface area contributed by atoms with E-state index in [-0.39, 0.29) is 5.91 Å².